The van der Waals surface area contributed by atoms with Crippen molar-refractivity contribution in [2.24, 2.45) is 0 Å². The molecule has 0 unspecified atom stereocenters. The lowest BCUT2D eigenvalue weighted by atomic mass is 10.1. The number of thiophene rings is 1. The molecule has 0 spiro atoms. The van der Waals surface area contributed by atoms with Gasteiger partial charge in [-0.3, -0.25) is 4.79 Å². The number of para-hydroxylation sites is 1. The van der Waals surface area contributed by atoms with Crippen LogP contribution in [-0.2, 0) is 16.1 Å². The number of rotatable bonds is 8. The van der Waals surface area contributed by atoms with Gasteiger partial charge in [0.1, 0.15) is 0 Å². The first kappa shape index (κ1) is 23.4. The van der Waals surface area contributed by atoms with Crippen LogP contribution in [-0.4, -0.2) is 32.7 Å². The Hall–Kier alpha value is -3.71. The van der Waals surface area contributed by atoms with E-state index in [1.165, 1.54) is 11.0 Å². The molecule has 0 N–H and O–H groups in total. The van der Waals surface area contributed by atoms with E-state index in [9.17, 15) is 9.59 Å². The predicted molar refractivity (Wildman–Crippen MR) is 135 cm³/mol. The molecule has 0 amide bonds. The lowest BCUT2D eigenvalue weighted by Gasteiger charge is -2.08. The highest BCUT2D eigenvalue weighted by molar-refractivity contribution is 7.09. The number of ketones is 1. The molecule has 1 aromatic carbocycles. The fraction of sp³-hybridized carbons (Fsp3) is 0.222. The van der Waals surface area contributed by atoms with Crippen LogP contribution < -0.4 is 0 Å². The van der Waals surface area contributed by atoms with Gasteiger partial charge in [-0.2, -0.15) is 5.10 Å². The van der Waals surface area contributed by atoms with E-state index in [4.69, 9.17) is 4.74 Å². The molecule has 174 valence electrons. The molecule has 0 saturated heterocycles. The Morgan fingerprint density at radius 2 is 1.79 bits per heavy atom. The molecule has 3 heterocycles. The Bertz CT molecular complexity index is 1350. The molecular weight excluding hydrogens is 446 g/mol. The van der Waals surface area contributed by atoms with Crippen molar-refractivity contribution in [2.45, 2.75) is 34.2 Å². The lowest BCUT2D eigenvalue weighted by Crippen LogP contribution is -2.13. The van der Waals surface area contributed by atoms with Crippen LogP contribution in [0.25, 0.3) is 11.8 Å². The molecular formula is C27H27N3O3S. The number of ether oxygens (including phenoxy) is 1. The van der Waals surface area contributed by atoms with Gasteiger partial charge in [0.2, 0.25) is 5.78 Å². The zero-order valence-corrected chi connectivity index (χ0v) is 20.6. The number of carbonyl (C=O) groups excluding carboxylic acids is 2. The first-order valence-corrected chi connectivity index (χ1v) is 11.9. The number of aryl methyl sites for hydroxylation is 2. The third-order valence-electron chi connectivity index (χ3n) is 5.85. The van der Waals surface area contributed by atoms with Crippen LogP contribution in [0.5, 0.6) is 0 Å². The minimum absolute atomic E-state index is 0.212. The minimum atomic E-state index is -0.563. The van der Waals surface area contributed by atoms with Crippen LogP contribution in [0.3, 0.4) is 0 Å². The van der Waals surface area contributed by atoms with Crippen molar-refractivity contribution in [1.82, 2.24) is 14.3 Å². The van der Waals surface area contributed by atoms with Gasteiger partial charge in [0.15, 0.2) is 6.61 Å². The molecule has 0 fully saturated rings. The van der Waals surface area contributed by atoms with Gasteiger partial charge in [0.25, 0.3) is 0 Å². The average molecular weight is 474 g/mol. The second-order valence-electron chi connectivity index (χ2n) is 8.15. The topological polar surface area (TPSA) is 66.1 Å². The van der Waals surface area contributed by atoms with Crippen molar-refractivity contribution in [3.05, 3.63) is 98.8 Å². The quantitative estimate of drug-likeness (QED) is 0.194. The molecule has 34 heavy (non-hydrogen) atoms. The molecule has 0 aliphatic rings. The van der Waals surface area contributed by atoms with E-state index in [0.29, 0.717) is 5.56 Å². The van der Waals surface area contributed by atoms with Gasteiger partial charge in [-0.25, -0.2) is 9.48 Å². The van der Waals surface area contributed by atoms with E-state index < -0.39 is 5.97 Å². The number of benzene rings is 1. The van der Waals surface area contributed by atoms with Crippen LogP contribution in [0, 0.1) is 27.7 Å². The van der Waals surface area contributed by atoms with E-state index >= 15 is 0 Å². The van der Waals surface area contributed by atoms with Crippen molar-refractivity contribution >= 4 is 29.2 Å². The largest absolute Gasteiger partial charge is 0.454 e. The molecule has 3 aromatic heterocycles. The normalized spacial score (nSPS) is 11.3. The predicted octanol–water partition coefficient (Wildman–Crippen LogP) is 5.46. The van der Waals surface area contributed by atoms with Crippen LogP contribution in [0.1, 0.15) is 43.6 Å². The summed E-state index contributed by atoms with van der Waals surface area (Å²) >= 11 is 1.68. The molecule has 0 saturated carbocycles. The summed E-state index contributed by atoms with van der Waals surface area (Å²) in [6, 6.07) is 15.8. The Morgan fingerprint density at radius 3 is 2.50 bits per heavy atom. The highest BCUT2D eigenvalue weighted by Crippen LogP contribution is 2.21. The fourth-order valence-electron chi connectivity index (χ4n) is 4.02. The van der Waals surface area contributed by atoms with Crippen LogP contribution in [0.4, 0.5) is 0 Å². The van der Waals surface area contributed by atoms with E-state index in [-0.39, 0.29) is 12.4 Å². The molecule has 0 radical (unpaired) electrons. The summed E-state index contributed by atoms with van der Waals surface area (Å²) in [5, 5.41) is 6.62. The zero-order valence-electron chi connectivity index (χ0n) is 19.7. The van der Waals surface area contributed by atoms with E-state index in [1.54, 1.807) is 17.4 Å². The second-order valence-corrected chi connectivity index (χ2v) is 9.18. The summed E-state index contributed by atoms with van der Waals surface area (Å²) in [7, 11) is 0. The van der Waals surface area contributed by atoms with Crippen LogP contribution in [0.15, 0.2) is 60.0 Å². The molecule has 0 aliphatic heterocycles. The number of hydrogen-bond donors (Lipinski definition) is 0. The summed E-state index contributed by atoms with van der Waals surface area (Å²) in [4.78, 5) is 26.3. The summed E-state index contributed by atoms with van der Waals surface area (Å²) in [6.45, 7) is 8.17. The summed E-state index contributed by atoms with van der Waals surface area (Å²) in [6.07, 6.45) is 3.04. The van der Waals surface area contributed by atoms with Gasteiger partial charge in [-0.1, -0.05) is 24.3 Å². The maximum absolute atomic E-state index is 12.8. The maximum Gasteiger partial charge on any atom is 0.331 e. The monoisotopic (exact) mass is 473 g/mol. The van der Waals surface area contributed by atoms with Crippen LogP contribution >= 0.6 is 11.3 Å². The Kier molecular flexibility index (Phi) is 6.93. The molecule has 0 atom stereocenters. The number of carbonyl (C=O) groups is 2. The summed E-state index contributed by atoms with van der Waals surface area (Å²) < 4.78 is 9.20. The number of esters is 1. The van der Waals surface area contributed by atoms with Gasteiger partial charge >= 0.3 is 5.97 Å². The summed E-state index contributed by atoms with van der Waals surface area (Å²) in [5.41, 5.74) is 5.99. The van der Waals surface area contributed by atoms with Crippen molar-refractivity contribution in [3.63, 3.8) is 0 Å². The number of hydrogen-bond acceptors (Lipinski definition) is 5. The van der Waals surface area contributed by atoms with Gasteiger partial charge in [0.05, 0.1) is 17.9 Å². The van der Waals surface area contributed by atoms with Gasteiger partial charge in [-0.15, -0.1) is 11.3 Å². The standard InChI is InChI=1S/C27H27N3O3S/c1-18-15-25(20(3)29(18)16-23-11-8-14-34-23)26(31)17-33-27(32)13-12-24-19(2)28-30(21(24)4)22-9-6-5-7-10-22/h5-15H,16-17H2,1-4H3/b13-12+. The van der Waals surface area contributed by atoms with Crippen molar-refractivity contribution in [1.29, 1.82) is 0 Å². The van der Waals surface area contributed by atoms with E-state index in [2.05, 4.69) is 15.7 Å². The Morgan fingerprint density at radius 1 is 1.03 bits per heavy atom. The van der Waals surface area contributed by atoms with Crippen molar-refractivity contribution < 1.29 is 14.3 Å². The van der Waals surface area contributed by atoms with E-state index in [1.807, 2.05) is 80.2 Å². The number of Topliss-reactive ketones (excluding diaryl/α,β-unsaturated/α-hetero) is 1. The lowest BCUT2D eigenvalue weighted by molar-refractivity contribution is -0.136. The van der Waals surface area contributed by atoms with E-state index in [0.717, 1.165) is 40.6 Å². The Balaban J connectivity index is 1.40. The SMILES string of the molecule is Cc1nn(-c2ccccc2)c(C)c1/C=C/C(=O)OCC(=O)c1cc(C)n(Cc2cccs2)c1C. The molecule has 4 rings (SSSR count). The minimum Gasteiger partial charge on any atom is -0.454 e. The molecule has 6 nitrogen and oxygen atoms in total. The van der Waals surface area contributed by atoms with Gasteiger partial charge in [0, 0.05) is 39.2 Å². The third kappa shape index (κ3) is 4.94. The van der Waals surface area contributed by atoms with Crippen molar-refractivity contribution in [2.75, 3.05) is 6.61 Å². The highest BCUT2D eigenvalue weighted by atomic mass is 32.1. The van der Waals surface area contributed by atoms with Crippen molar-refractivity contribution in [3.8, 4) is 5.69 Å². The van der Waals surface area contributed by atoms with Gasteiger partial charge < -0.3 is 9.30 Å². The second kappa shape index (κ2) is 10.1. The first-order valence-electron chi connectivity index (χ1n) is 11.0. The molecule has 4 aromatic rings. The molecule has 0 bridgehead atoms. The third-order valence-corrected chi connectivity index (χ3v) is 6.71. The maximum atomic E-state index is 12.8. The highest BCUT2D eigenvalue weighted by Gasteiger charge is 2.17. The molecule has 7 heteroatoms. The number of aromatic nitrogens is 3. The zero-order chi connectivity index (χ0) is 24.2. The fourth-order valence-corrected chi connectivity index (χ4v) is 4.71. The first-order chi connectivity index (χ1) is 16.3. The average Bonchev–Trinajstić information content (AvgIpc) is 3.52. The summed E-state index contributed by atoms with van der Waals surface area (Å²) in [5.74, 6) is -0.774. The van der Waals surface area contributed by atoms with Crippen LogP contribution in [0.2, 0.25) is 0 Å². The van der Waals surface area contributed by atoms with Gasteiger partial charge in [-0.05, 0) is 63.4 Å². The smallest absolute Gasteiger partial charge is 0.331 e. The Labute approximate surface area is 203 Å². The number of nitrogens with zero attached hydrogens (tertiary/aromatic N) is 3. The molecule has 0 aliphatic carbocycles.